The maximum Gasteiger partial charge on any atom is 0.228 e. The molecular weight excluding hydrogens is 196 g/mol. The van der Waals surface area contributed by atoms with Crippen LogP contribution in [0, 0.1) is 0 Å². The van der Waals surface area contributed by atoms with Crippen molar-refractivity contribution in [1.29, 1.82) is 0 Å². The van der Waals surface area contributed by atoms with E-state index in [1.54, 1.807) is 13.8 Å². The predicted molar refractivity (Wildman–Crippen MR) is 51.3 cm³/mol. The molecule has 2 heterocycles. The Morgan fingerprint density at radius 1 is 0.867 bits per heavy atom. The summed E-state index contributed by atoms with van der Waals surface area (Å²) >= 11 is 0. The summed E-state index contributed by atoms with van der Waals surface area (Å²) in [7, 11) is 0. The normalized spacial score (nSPS) is 30.3. The summed E-state index contributed by atoms with van der Waals surface area (Å²) in [5, 5.41) is 0. The Kier molecular flexibility index (Phi) is 2.62. The molecule has 0 saturated carbocycles. The van der Waals surface area contributed by atoms with Gasteiger partial charge in [0.1, 0.15) is 0 Å². The van der Waals surface area contributed by atoms with Gasteiger partial charge >= 0.3 is 0 Å². The fraction of sp³-hybridized carbons (Fsp3) is 0.778. The van der Waals surface area contributed by atoms with Gasteiger partial charge in [-0.1, -0.05) is 0 Å². The SMILES string of the molecule is CC(=O)N1C[NH+]2CN(C(C)=O)C[NH+](C1)C2. The van der Waals surface area contributed by atoms with E-state index in [1.165, 1.54) is 9.80 Å². The van der Waals surface area contributed by atoms with Crippen molar-refractivity contribution in [2.24, 2.45) is 0 Å². The van der Waals surface area contributed by atoms with Crippen LogP contribution in [-0.4, -0.2) is 55.0 Å². The van der Waals surface area contributed by atoms with E-state index in [2.05, 4.69) is 0 Å². The third-order valence-corrected chi connectivity index (χ3v) is 3.05. The molecule has 2 N–H and O–H groups in total. The van der Waals surface area contributed by atoms with Gasteiger partial charge in [0, 0.05) is 13.8 Å². The highest BCUT2D eigenvalue weighted by atomic mass is 16.2. The lowest BCUT2D eigenvalue weighted by molar-refractivity contribution is -1.14. The van der Waals surface area contributed by atoms with Gasteiger partial charge in [-0.25, -0.2) is 9.80 Å². The van der Waals surface area contributed by atoms with Crippen molar-refractivity contribution in [3.8, 4) is 0 Å². The van der Waals surface area contributed by atoms with Gasteiger partial charge in [0.25, 0.3) is 0 Å². The van der Waals surface area contributed by atoms with Crippen molar-refractivity contribution in [2.75, 3.05) is 33.3 Å². The lowest BCUT2D eigenvalue weighted by Gasteiger charge is -2.43. The molecule has 2 aliphatic rings. The highest BCUT2D eigenvalue weighted by Gasteiger charge is 2.38. The number of hydrogen-bond acceptors (Lipinski definition) is 2. The monoisotopic (exact) mass is 214 g/mol. The van der Waals surface area contributed by atoms with Crippen molar-refractivity contribution >= 4 is 11.8 Å². The van der Waals surface area contributed by atoms with Crippen LogP contribution in [0.1, 0.15) is 13.8 Å². The van der Waals surface area contributed by atoms with Crippen LogP contribution in [-0.2, 0) is 9.59 Å². The van der Waals surface area contributed by atoms with E-state index in [9.17, 15) is 9.59 Å². The van der Waals surface area contributed by atoms with E-state index in [0.29, 0.717) is 0 Å². The van der Waals surface area contributed by atoms with Crippen LogP contribution >= 0.6 is 0 Å². The van der Waals surface area contributed by atoms with E-state index in [4.69, 9.17) is 0 Å². The van der Waals surface area contributed by atoms with Gasteiger partial charge < -0.3 is 0 Å². The summed E-state index contributed by atoms with van der Waals surface area (Å²) in [5.41, 5.74) is 0. The molecule has 0 aromatic heterocycles. The van der Waals surface area contributed by atoms with Crippen molar-refractivity contribution in [1.82, 2.24) is 9.80 Å². The van der Waals surface area contributed by atoms with Gasteiger partial charge in [-0.05, 0) is 0 Å². The Balaban J connectivity index is 2.02. The fourth-order valence-corrected chi connectivity index (χ4v) is 2.31. The fourth-order valence-electron chi connectivity index (χ4n) is 2.31. The minimum Gasteiger partial charge on any atom is -0.275 e. The highest BCUT2D eigenvalue weighted by Crippen LogP contribution is 1.89. The van der Waals surface area contributed by atoms with Crippen molar-refractivity contribution in [3.63, 3.8) is 0 Å². The van der Waals surface area contributed by atoms with E-state index in [0.717, 1.165) is 33.3 Å². The molecule has 0 radical (unpaired) electrons. The predicted octanol–water partition coefficient (Wildman–Crippen LogP) is -3.73. The molecular formula is C9H18N4O2+2. The first-order valence-corrected chi connectivity index (χ1v) is 5.24. The number of quaternary nitrogens is 2. The van der Waals surface area contributed by atoms with Gasteiger partial charge in [0.2, 0.25) is 18.5 Å². The van der Waals surface area contributed by atoms with Gasteiger partial charge in [0.05, 0.1) is 0 Å². The number of carbonyl (C=O) groups excluding carboxylic acids is 2. The third kappa shape index (κ3) is 2.10. The second-order valence-corrected chi connectivity index (χ2v) is 4.43. The molecule has 0 aromatic carbocycles. The Morgan fingerprint density at radius 2 is 1.20 bits per heavy atom. The maximum atomic E-state index is 11.3. The zero-order chi connectivity index (χ0) is 11.0. The summed E-state index contributed by atoms with van der Waals surface area (Å²) in [4.78, 5) is 28.8. The summed E-state index contributed by atoms with van der Waals surface area (Å²) < 4.78 is 0. The summed E-state index contributed by atoms with van der Waals surface area (Å²) in [6.07, 6.45) is 0. The smallest absolute Gasteiger partial charge is 0.228 e. The number of carbonyl (C=O) groups is 2. The number of rotatable bonds is 0. The molecule has 0 aliphatic carbocycles. The molecule has 0 atom stereocenters. The summed E-state index contributed by atoms with van der Waals surface area (Å²) in [5.74, 6) is 0.252. The van der Waals surface area contributed by atoms with Crippen molar-refractivity contribution in [3.05, 3.63) is 0 Å². The molecule has 2 aliphatic heterocycles. The lowest BCUT2D eigenvalue weighted by Crippen LogP contribution is -3.39. The Bertz CT molecular complexity index is 254. The Morgan fingerprint density at radius 3 is 1.47 bits per heavy atom. The molecule has 2 fully saturated rings. The number of hydrogen-bond donors (Lipinski definition) is 2. The molecule has 6 heteroatoms. The first kappa shape index (κ1) is 10.4. The molecule has 2 saturated heterocycles. The summed E-state index contributed by atoms with van der Waals surface area (Å²) in [6, 6.07) is 0. The molecule has 0 spiro atoms. The number of fused-ring (bicyclic) bond motifs is 2. The van der Waals surface area contributed by atoms with E-state index < -0.39 is 0 Å². The number of amides is 2. The largest absolute Gasteiger partial charge is 0.275 e. The van der Waals surface area contributed by atoms with E-state index in [-0.39, 0.29) is 11.8 Å². The van der Waals surface area contributed by atoms with Gasteiger partial charge in [-0.15, -0.1) is 0 Å². The van der Waals surface area contributed by atoms with Crippen LogP contribution in [0.25, 0.3) is 0 Å². The molecule has 0 aromatic rings. The van der Waals surface area contributed by atoms with Gasteiger partial charge in [0.15, 0.2) is 26.7 Å². The first-order valence-electron chi connectivity index (χ1n) is 5.24. The minimum atomic E-state index is 0.126. The number of nitrogens with zero attached hydrogens (tertiary/aromatic N) is 2. The van der Waals surface area contributed by atoms with Crippen molar-refractivity contribution in [2.45, 2.75) is 13.8 Å². The topological polar surface area (TPSA) is 49.5 Å². The van der Waals surface area contributed by atoms with Crippen molar-refractivity contribution < 1.29 is 19.4 Å². The van der Waals surface area contributed by atoms with E-state index in [1.807, 2.05) is 9.80 Å². The standard InChI is InChI=1S/C9H16N4O2/c1-8(14)12-4-10-3-11(5-12)7-13(6-10)9(2)15/h3-7H2,1-2H3/p+2. The molecule has 0 unspecified atom stereocenters. The second-order valence-electron chi connectivity index (χ2n) is 4.43. The zero-order valence-electron chi connectivity index (χ0n) is 9.25. The molecule has 2 rings (SSSR count). The van der Waals surface area contributed by atoms with Crippen LogP contribution < -0.4 is 9.80 Å². The summed E-state index contributed by atoms with van der Waals surface area (Å²) in [6.45, 7) is 7.11. The second kappa shape index (κ2) is 3.79. The quantitative estimate of drug-likeness (QED) is 0.435. The van der Waals surface area contributed by atoms with Crippen LogP contribution in [0.2, 0.25) is 0 Å². The first-order chi connectivity index (χ1) is 7.06. The molecule has 2 amide bonds. The van der Waals surface area contributed by atoms with Gasteiger partial charge in [-0.2, -0.15) is 0 Å². The highest BCUT2D eigenvalue weighted by molar-refractivity contribution is 5.73. The Hall–Kier alpha value is -1.14. The van der Waals surface area contributed by atoms with Crippen LogP contribution in [0.3, 0.4) is 0 Å². The van der Waals surface area contributed by atoms with Crippen LogP contribution in [0.5, 0.6) is 0 Å². The zero-order valence-corrected chi connectivity index (χ0v) is 9.25. The molecule has 84 valence electrons. The van der Waals surface area contributed by atoms with Crippen LogP contribution in [0.4, 0.5) is 0 Å². The van der Waals surface area contributed by atoms with Crippen LogP contribution in [0.15, 0.2) is 0 Å². The Labute approximate surface area is 89.0 Å². The average Bonchev–Trinajstić information content (AvgIpc) is 2.15. The molecule has 15 heavy (non-hydrogen) atoms. The van der Waals surface area contributed by atoms with E-state index >= 15 is 0 Å². The average molecular weight is 214 g/mol. The number of nitrogens with one attached hydrogen (secondary N) is 2. The molecule has 6 nitrogen and oxygen atoms in total. The third-order valence-electron chi connectivity index (χ3n) is 3.05. The minimum absolute atomic E-state index is 0.126. The lowest BCUT2D eigenvalue weighted by atomic mass is 10.4. The molecule has 2 bridgehead atoms. The maximum absolute atomic E-state index is 11.3. The van der Waals surface area contributed by atoms with Gasteiger partial charge in [-0.3, -0.25) is 19.4 Å².